The molecule has 5 nitrogen and oxygen atoms in total. The minimum Gasteiger partial charge on any atom is -0.491 e. The molecule has 1 saturated heterocycles. The Kier molecular flexibility index (Phi) is 5.25. The summed E-state index contributed by atoms with van der Waals surface area (Å²) < 4.78 is 43.3. The molecule has 2 atom stereocenters. The highest BCUT2D eigenvalue weighted by Crippen LogP contribution is 2.35. The van der Waals surface area contributed by atoms with E-state index < -0.39 is 23.9 Å². The molecule has 1 aliphatic rings. The highest BCUT2D eigenvalue weighted by Gasteiger charge is 2.34. The van der Waals surface area contributed by atoms with Crippen LogP contribution in [-0.4, -0.2) is 42.9 Å². The lowest BCUT2D eigenvalue weighted by Gasteiger charge is -2.15. The van der Waals surface area contributed by atoms with Gasteiger partial charge in [-0.1, -0.05) is 12.1 Å². The molecular formula is C14H17F3N2O3. The van der Waals surface area contributed by atoms with Crippen molar-refractivity contribution in [1.82, 2.24) is 10.6 Å². The maximum absolute atomic E-state index is 12.7. The van der Waals surface area contributed by atoms with Crippen LogP contribution >= 0.6 is 0 Å². The Hall–Kier alpha value is -1.80. The van der Waals surface area contributed by atoms with Gasteiger partial charge in [0.1, 0.15) is 12.4 Å². The molecule has 1 amide bonds. The number of amides is 1. The summed E-state index contributed by atoms with van der Waals surface area (Å²) in [5.41, 5.74) is -0.845. The van der Waals surface area contributed by atoms with Crippen molar-refractivity contribution >= 4 is 5.91 Å². The lowest BCUT2D eigenvalue weighted by atomic mass is 10.2. The van der Waals surface area contributed by atoms with Gasteiger partial charge in [-0.05, 0) is 18.6 Å². The van der Waals surface area contributed by atoms with Crippen LogP contribution in [0.2, 0.25) is 0 Å². The number of halogens is 3. The van der Waals surface area contributed by atoms with E-state index in [0.29, 0.717) is 13.0 Å². The van der Waals surface area contributed by atoms with Gasteiger partial charge in [0.15, 0.2) is 0 Å². The third-order valence-corrected chi connectivity index (χ3v) is 3.28. The Labute approximate surface area is 125 Å². The summed E-state index contributed by atoms with van der Waals surface area (Å²) in [4.78, 5) is 11.7. The first-order chi connectivity index (χ1) is 10.4. The predicted octanol–water partition coefficient (Wildman–Crippen LogP) is 0.923. The predicted molar refractivity (Wildman–Crippen MR) is 72.4 cm³/mol. The summed E-state index contributed by atoms with van der Waals surface area (Å²) in [5, 5.41) is 14.7. The quantitative estimate of drug-likeness (QED) is 0.706. The van der Waals surface area contributed by atoms with Gasteiger partial charge in [-0.2, -0.15) is 13.2 Å². The number of hydrogen-bond donors (Lipinski definition) is 3. The smallest absolute Gasteiger partial charge is 0.419 e. The summed E-state index contributed by atoms with van der Waals surface area (Å²) in [6.45, 7) is 0.362. The molecule has 2 rings (SSSR count). The van der Waals surface area contributed by atoms with Crippen LogP contribution in [-0.2, 0) is 11.0 Å². The van der Waals surface area contributed by atoms with Gasteiger partial charge in [-0.3, -0.25) is 4.79 Å². The summed E-state index contributed by atoms with van der Waals surface area (Å²) in [7, 11) is 0. The summed E-state index contributed by atoms with van der Waals surface area (Å²) in [6.07, 6.45) is -4.71. The van der Waals surface area contributed by atoms with Crippen LogP contribution in [0.15, 0.2) is 24.3 Å². The Morgan fingerprint density at radius 3 is 2.77 bits per heavy atom. The monoisotopic (exact) mass is 318 g/mol. The second-order valence-corrected chi connectivity index (χ2v) is 4.98. The first-order valence-electron chi connectivity index (χ1n) is 6.86. The third-order valence-electron chi connectivity index (χ3n) is 3.28. The Morgan fingerprint density at radius 2 is 2.14 bits per heavy atom. The maximum Gasteiger partial charge on any atom is 0.419 e. The van der Waals surface area contributed by atoms with E-state index in [0.717, 1.165) is 6.07 Å². The zero-order valence-corrected chi connectivity index (χ0v) is 11.7. The first kappa shape index (κ1) is 16.6. The Balaban J connectivity index is 1.79. The van der Waals surface area contributed by atoms with Crippen molar-refractivity contribution in [2.24, 2.45) is 0 Å². The van der Waals surface area contributed by atoms with Crippen molar-refractivity contribution < 1.29 is 27.8 Å². The number of hydrogen-bond acceptors (Lipinski definition) is 4. The summed E-state index contributed by atoms with van der Waals surface area (Å²) in [6, 6.07) is 4.44. The summed E-state index contributed by atoms with van der Waals surface area (Å²) in [5.74, 6) is -0.567. The van der Waals surface area contributed by atoms with E-state index in [1.165, 1.54) is 18.2 Å². The van der Waals surface area contributed by atoms with Gasteiger partial charge < -0.3 is 20.5 Å². The number of alkyl halides is 3. The number of nitrogens with one attached hydrogen (secondary N) is 2. The molecule has 0 saturated carbocycles. The number of β-amino-alcohol motifs (C(OH)–C–C–N with tert-alkyl or cyclic N) is 1. The van der Waals surface area contributed by atoms with E-state index in [1.807, 2.05) is 0 Å². The molecule has 0 aliphatic carbocycles. The average molecular weight is 318 g/mol. The van der Waals surface area contributed by atoms with Gasteiger partial charge >= 0.3 is 6.18 Å². The van der Waals surface area contributed by atoms with Gasteiger partial charge in [-0.15, -0.1) is 0 Å². The van der Waals surface area contributed by atoms with Crippen molar-refractivity contribution in [3.63, 3.8) is 0 Å². The molecule has 0 spiro atoms. The fraction of sp³-hybridized carbons (Fsp3) is 0.500. The van der Waals surface area contributed by atoms with Crippen molar-refractivity contribution in [3.05, 3.63) is 29.8 Å². The molecule has 0 bridgehead atoms. The van der Waals surface area contributed by atoms with Crippen molar-refractivity contribution in [2.45, 2.75) is 24.7 Å². The fourth-order valence-corrected chi connectivity index (χ4v) is 2.20. The zero-order chi connectivity index (χ0) is 16.2. The number of benzene rings is 1. The molecule has 1 fully saturated rings. The molecule has 1 heterocycles. The van der Waals surface area contributed by atoms with E-state index in [2.05, 4.69) is 10.6 Å². The second kappa shape index (κ2) is 6.97. The summed E-state index contributed by atoms with van der Waals surface area (Å²) >= 11 is 0. The minimum atomic E-state index is -4.48. The molecule has 22 heavy (non-hydrogen) atoms. The van der Waals surface area contributed by atoms with E-state index in [9.17, 15) is 23.1 Å². The van der Waals surface area contributed by atoms with Crippen LogP contribution in [0.5, 0.6) is 5.75 Å². The van der Waals surface area contributed by atoms with Gasteiger partial charge in [0.05, 0.1) is 24.3 Å². The van der Waals surface area contributed by atoms with Crippen LogP contribution in [0.4, 0.5) is 13.2 Å². The molecule has 1 aromatic carbocycles. The standard InChI is InChI=1S/C14H17F3N2O3/c15-14(16,17)10-3-1-2-4-12(10)22-6-5-18-13(21)11-7-9(20)8-19-11/h1-4,9,11,19-20H,5-8H2,(H,18,21). The molecule has 1 aliphatic heterocycles. The largest absolute Gasteiger partial charge is 0.491 e. The van der Waals surface area contributed by atoms with E-state index in [1.54, 1.807) is 0 Å². The average Bonchev–Trinajstić information content (AvgIpc) is 2.89. The number of para-hydroxylation sites is 1. The molecule has 1 aromatic rings. The van der Waals surface area contributed by atoms with E-state index >= 15 is 0 Å². The lowest BCUT2D eigenvalue weighted by Crippen LogP contribution is -2.41. The zero-order valence-electron chi connectivity index (χ0n) is 11.7. The van der Waals surface area contributed by atoms with Gasteiger partial charge in [0, 0.05) is 6.54 Å². The van der Waals surface area contributed by atoms with Gasteiger partial charge in [-0.25, -0.2) is 0 Å². The normalized spacial score (nSPS) is 21.6. The van der Waals surface area contributed by atoms with Gasteiger partial charge in [0.2, 0.25) is 5.91 Å². The molecule has 122 valence electrons. The van der Waals surface area contributed by atoms with Crippen LogP contribution in [0.1, 0.15) is 12.0 Å². The minimum absolute atomic E-state index is 0.0753. The Morgan fingerprint density at radius 1 is 1.41 bits per heavy atom. The number of carbonyl (C=O) groups excluding carboxylic acids is 1. The van der Waals surface area contributed by atoms with Crippen LogP contribution in [0.25, 0.3) is 0 Å². The van der Waals surface area contributed by atoms with Crippen LogP contribution in [0, 0.1) is 0 Å². The highest BCUT2D eigenvalue weighted by molar-refractivity contribution is 5.82. The number of rotatable bonds is 5. The topological polar surface area (TPSA) is 70.6 Å². The number of aliphatic hydroxyl groups is 1. The number of aliphatic hydroxyl groups excluding tert-OH is 1. The lowest BCUT2D eigenvalue weighted by molar-refractivity contribution is -0.139. The first-order valence-corrected chi connectivity index (χ1v) is 6.86. The molecular weight excluding hydrogens is 301 g/mol. The third kappa shape index (κ3) is 4.35. The van der Waals surface area contributed by atoms with Gasteiger partial charge in [0.25, 0.3) is 0 Å². The highest BCUT2D eigenvalue weighted by atomic mass is 19.4. The van der Waals surface area contributed by atoms with Crippen molar-refractivity contribution in [3.8, 4) is 5.75 Å². The number of ether oxygens (including phenoxy) is 1. The SMILES string of the molecule is O=C(NCCOc1ccccc1C(F)(F)F)C1CC(O)CN1. The molecule has 3 N–H and O–H groups in total. The number of carbonyl (C=O) groups is 1. The maximum atomic E-state index is 12.7. The molecule has 2 unspecified atom stereocenters. The van der Waals surface area contributed by atoms with E-state index in [4.69, 9.17) is 4.74 Å². The molecule has 8 heteroatoms. The van der Waals surface area contributed by atoms with Crippen molar-refractivity contribution in [1.29, 1.82) is 0 Å². The van der Waals surface area contributed by atoms with Crippen LogP contribution in [0.3, 0.4) is 0 Å². The fourth-order valence-electron chi connectivity index (χ4n) is 2.20. The molecule has 0 aromatic heterocycles. The van der Waals surface area contributed by atoms with Crippen LogP contribution < -0.4 is 15.4 Å². The van der Waals surface area contributed by atoms with Crippen molar-refractivity contribution in [2.75, 3.05) is 19.7 Å². The Bertz CT molecular complexity index is 522. The molecule has 0 radical (unpaired) electrons. The van der Waals surface area contributed by atoms with E-state index in [-0.39, 0.29) is 24.8 Å². The second-order valence-electron chi connectivity index (χ2n) is 4.98.